The molecule has 11 nitrogen and oxygen atoms in total. The summed E-state index contributed by atoms with van der Waals surface area (Å²) in [6, 6.07) is 3.92. The molecular weight excluding hydrogens is 473 g/mol. The number of ether oxygens (including phenoxy) is 2. The molecule has 0 unspecified atom stereocenters. The minimum absolute atomic E-state index is 0.0944. The first kappa shape index (κ1) is 25.6. The fourth-order valence-electron chi connectivity index (χ4n) is 3.00. The predicted molar refractivity (Wildman–Crippen MR) is 118 cm³/mol. The van der Waals surface area contributed by atoms with Gasteiger partial charge in [0.05, 0.1) is 6.61 Å². The summed E-state index contributed by atoms with van der Waals surface area (Å²) < 4.78 is 46.9. The number of rotatable bonds is 10. The van der Waals surface area contributed by atoms with Gasteiger partial charge in [0.2, 0.25) is 5.82 Å². The third-order valence-corrected chi connectivity index (χ3v) is 4.67. The minimum atomic E-state index is -4.81. The van der Waals surface area contributed by atoms with Crippen molar-refractivity contribution in [1.29, 1.82) is 0 Å². The average Bonchev–Trinajstić information content (AvgIpc) is 3.50. The van der Waals surface area contributed by atoms with Crippen LogP contribution in [-0.2, 0) is 11.3 Å². The van der Waals surface area contributed by atoms with Crippen LogP contribution in [0.2, 0.25) is 0 Å². The number of alkyl carbamates (subject to hydrolysis) is 1. The van der Waals surface area contributed by atoms with Crippen molar-refractivity contribution in [3.8, 4) is 5.75 Å². The van der Waals surface area contributed by atoms with E-state index in [1.807, 2.05) is 0 Å². The van der Waals surface area contributed by atoms with Gasteiger partial charge in [-0.15, -0.1) is 13.2 Å². The fraction of sp³-hybridized carbons (Fsp3) is 0.429. The number of amides is 4. The van der Waals surface area contributed by atoms with Crippen molar-refractivity contribution >= 4 is 29.5 Å². The van der Waals surface area contributed by atoms with E-state index in [2.05, 4.69) is 31.0 Å². The maximum atomic E-state index is 12.6. The molecule has 1 aromatic heterocycles. The second kappa shape index (κ2) is 11.4. The van der Waals surface area contributed by atoms with Crippen molar-refractivity contribution in [3.05, 3.63) is 36.3 Å². The van der Waals surface area contributed by atoms with Gasteiger partial charge in [-0.25, -0.2) is 14.6 Å². The Morgan fingerprint density at radius 2 is 1.77 bits per heavy atom. The van der Waals surface area contributed by atoms with Crippen LogP contribution in [0.25, 0.3) is 0 Å². The third kappa shape index (κ3) is 8.72. The smallest absolute Gasteiger partial charge is 0.450 e. The molecule has 14 heteroatoms. The summed E-state index contributed by atoms with van der Waals surface area (Å²) in [6.45, 7) is 2.77. The van der Waals surface area contributed by atoms with E-state index in [-0.39, 0.29) is 37.0 Å². The molecule has 1 aromatic carbocycles. The summed E-state index contributed by atoms with van der Waals surface area (Å²) in [7, 11) is 0. The number of alkyl halides is 3. The molecule has 0 bridgehead atoms. The van der Waals surface area contributed by atoms with E-state index in [9.17, 15) is 27.6 Å². The highest BCUT2D eigenvalue weighted by molar-refractivity contribution is 5.99. The number of halogens is 3. The fourth-order valence-corrected chi connectivity index (χ4v) is 3.00. The maximum Gasteiger partial charge on any atom is 0.573 e. The van der Waals surface area contributed by atoms with Crippen molar-refractivity contribution in [2.24, 2.45) is 5.92 Å². The van der Waals surface area contributed by atoms with Gasteiger partial charge in [-0.05, 0) is 49.9 Å². The Labute approximate surface area is 198 Å². The van der Waals surface area contributed by atoms with Gasteiger partial charge in [-0.3, -0.25) is 10.1 Å². The van der Waals surface area contributed by atoms with Crippen LogP contribution in [0.1, 0.15) is 30.4 Å². The van der Waals surface area contributed by atoms with Gasteiger partial charge in [-0.1, -0.05) is 0 Å². The monoisotopic (exact) mass is 498 g/mol. The van der Waals surface area contributed by atoms with E-state index >= 15 is 0 Å². The number of benzene rings is 1. The van der Waals surface area contributed by atoms with E-state index in [1.165, 1.54) is 18.3 Å². The van der Waals surface area contributed by atoms with Crippen LogP contribution in [0, 0.1) is 5.92 Å². The summed E-state index contributed by atoms with van der Waals surface area (Å²) in [5.74, 6) is -0.271. The molecule has 4 N–H and O–H groups in total. The molecule has 4 amide bonds. The minimum Gasteiger partial charge on any atom is -0.450 e. The average molecular weight is 498 g/mol. The molecule has 1 heterocycles. The highest BCUT2D eigenvalue weighted by atomic mass is 19.4. The van der Waals surface area contributed by atoms with E-state index in [4.69, 9.17) is 4.74 Å². The van der Waals surface area contributed by atoms with Crippen molar-refractivity contribution in [3.63, 3.8) is 0 Å². The topological polar surface area (TPSA) is 136 Å². The largest absolute Gasteiger partial charge is 0.573 e. The Morgan fingerprint density at radius 3 is 2.40 bits per heavy atom. The first-order valence-electron chi connectivity index (χ1n) is 10.8. The van der Waals surface area contributed by atoms with Gasteiger partial charge in [0.25, 0.3) is 5.91 Å². The van der Waals surface area contributed by atoms with Crippen LogP contribution in [0.5, 0.6) is 5.75 Å². The van der Waals surface area contributed by atoms with Gasteiger partial charge in [0.1, 0.15) is 5.75 Å². The second-order valence-corrected chi connectivity index (χ2v) is 7.60. The first-order chi connectivity index (χ1) is 16.6. The lowest BCUT2D eigenvalue weighted by Gasteiger charge is -2.10. The lowest BCUT2D eigenvalue weighted by Crippen LogP contribution is -2.36. The van der Waals surface area contributed by atoms with Crippen LogP contribution in [0.15, 0.2) is 30.5 Å². The zero-order valence-corrected chi connectivity index (χ0v) is 18.8. The summed E-state index contributed by atoms with van der Waals surface area (Å²) in [5.41, 5.74) is 0.224. The molecule has 1 aliphatic carbocycles. The molecule has 1 fully saturated rings. The number of nitrogens with one attached hydrogen (secondary N) is 4. The van der Waals surface area contributed by atoms with Gasteiger partial charge in [0, 0.05) is 31.5 Å². The van der Waals surface area contributed by atoms with Crippen LogP contribution in [0.4, 0.5) is 34.3 Å². The molecule has 1 saturated carbocycles. The lowest BCUT2D eigenvalue weighted by atomic mass is 10.3. The number of carbonyl (C=O) groups excluding carboxylic acids is 3. The van der Waals surface area contributed by atoms with Crippen molar-refractivity contribution in [2.45, 2.75) is 32.7 Å². The van der Waals surface area contributed by atoms with E-state index in [0.29, 0.717) is 12.5 Å². The predicted octanol–water partition coefficient (Wildman–Crippen LogP) is 3.31. The van der Waals surface area contributed by atoms with E-state index < -0.39 is 30.1 Å². The quantitative estimate of drug-likeness (QED) is 0.371. The first-order valence-corrected chi connectivity index (χ1v) is 10.8. The van der Waals surface area contributed by atoms with Crippen molar-refractivity contribution in [2.75, 3.05) is 30.3 Å². The zero-order chi connectivity index (χ0) is 25.4. The lowest BCUT2D eigenvalue weighted by molar-refractivity contribution is -0.274. The van der Waals surface area contributed by atoms with Gasteiger partial charge >= 0.3 is 18.5 Å². The van der Waals surface area contributed by atoms with Crippen molar-refractivity contribution in [1.82, 2.24) is 20.2 Å². The molecule has 0 radical (unpaired) electrons. The number of aromatic nitrogens is 2. The zero-order valence-electron chi connectivity index (χ0n) is 18.8. The van der Waals surface area contributed by atoms with Crippen LogP contribution < -0.4 is 26.0 Å². The number of anilines is 2. The number of hydrogen-bond donors (Lipinski definition) is 4. The Bertz CT molecular complexity index is 1040. The van der Waals surface area contributed by atoms with Crippen molar-refractivity contribution < 1.29 is 37.0 Å². The van der Waals surface area contributed by atoms with Gasteiger partial charge < -0.3 is 30.0 Å². The molecule has 190 valence electrons. The Kier molecular flexibility index (Phi) is 8.39. The highest BCUT2D eigenvalue weighted by Crippen LogP contribution is 2.31. The molecule has 35 heavy (non-hydrogen) atoms. The van der Waals surface area contributed by atoms with Crippen LogP contribution in [-0.4, -0.2) is 53.6 Å². The van der Waals surface area contributed by atoms with Crippen LogP contribution in [0.3, 0.4) is 0 Å². The normalized spacial score (nSPS) is 13.0. The summed E-state index contributed by atoms with van der Waals surface area (Å²) in [4.78, 5) is 40.4. The Hall–Kier alpha value is -3.97. The van der Waals surface area contributed by atoms with Crippen LogP contribution >= 0.6 is 0 Å². The SMILES string of the molecule is CCOC(=O)NCCNC(=O)c1nc(NC(=O)Nc2ccc(OC(F)(F)F)cc2)cn1CC1CC1. The molecule has 0 aliphatic heterocycles. The summed E-state index contributed by atoms with van der Waals surface area (Å²) in [6.07, 6.45) is -1.81. The molecule has 3 rings (SSSR count). The third-order valence-electron chi connectivity index (χ3n) is 4.67. The second-order valence-electron chi connectivity index (χ2n) is 7.60. The number of carbonyl (C=O) groups is 3. The number of hydrogen-bond acceptors (Lipinski definition) is 6. The maximum absolute atomic E-state index is 12.6. The molecule has 0 spiro atoms. The number of imidazole rings is 1. The van der Waals surface area contributed by atoms with Gasteiger partial charge in [-0.2, -0.15) is 0 Å². The van der Waals surface area contributed by atoms with Gasteiger partial charge in [0.15, 0.2) is 5.82 Å². The summed E-state index contributed by atoms with van der Waals surface area (Å²) in [5, 5.41) is 10.1. The number of urea groups is 1. The highest BCUT2D eigenvalue weighted by Gasteiger charge is 2.31. The Balaban J connectivity index is 1.56. The molecular formula is C21H25F3N6O5. The molecule has 1 aliphatic rings. The standard InChI is InChI=1S/C21H25F3N6O5/c1-2-34-20(33)26-10-9-25-18(31)17-28-16(12-30(17)11-13-3-4-13)29-19(32)27-14-5-7-15(8-6-14)35-21(22,23)24/h5-8,12-13H,2-4,9-11H2,1H3,(H,25,31)(H,26,33)(H2,27,29,32). The summed E-state index contributed by atoms with van der Waals surface area (Å²) >= 11 is 0. The molecule has 2 aromatic rings. The molecule has 0 saturated heterocycles. The molecule has 0 atom stereocenters. The van der Waals surface area contributed by atoms with E-state index in [0.717, 1.165) is 25.0 Å². The number of nitrogens with zero attached hydrogens (tertiary/aromatic N) is 2. The van der Waals surface area contributed by atoms with E-state index in [1.54, 1.807) is 11.5 Å². The Morgan fingerprint density at radius 1 is 1.09 bits per heavy atom.